The van der Waals surface area contributed by atoms with E-state index in [4.69, 9.17) is 0 Å². The summed E-state index contributed by atoms with van der Waals surface area (Å²) >= 11 is 0. The number of alkyl halides is 3. The molecule has 112 valence electrons. The molecule has 0 saturated heterocycles. The van der Waals surface area contributed by atoms with Crippen molar-refractivity contribution in [2.75, 3.05) is 26.8 Å². The molecular formula is C13H17F3N2O2. The van der Waals surface area contributed by atoms with Gasteiger partial charge >= 0.3 is 6.18 Å². The van der Waals surface area contributed by atoms with Gasteiger partial charge in [-0.2, -0.15) is 13.2 Å². The molecule has 0 fully saturated rings. The van der Waals surface area contributed by atoms with Gasteiger partial charge in [-0.1, -0.05) is 12.1 Å². The number of benzene rings is 1. The van der Waals surface area contributed by atoms with Crippen molar-refractivity contribution in [2.24, 2.45) is 0 Å². The first kappa shape index (κ1) is 16.5. The average Bonchev–Trinajstić information content (AvgIpc) is 2.41. The van der Waals surface area contributed by atoms with Gasteiger partial charge in [-0.15, -0.1) is 0 Å². The summed E-state index contributed by atoms with van der Waals surface area (Å²) in [6, 6.07) is 6.95. The SMILES string of the molecule is CNC(=O)c1ccc(CNCCOCC(F)(F)F)cc1. The highest BCUT2D eigenvalue weighted by atomic mass is 19.4. The molecule has 0 aliphatic heterocycles. The van der Waals surface area contributed by atoms with Crippen LogP contribution in [0.2, 0.25) is 0 Å². The minimum Gasteiger partial charge on any atom is -0.371 e. The van der Waals surface area contributed by atoms with Gasteiger partial charge in [0.15, 0.2) is 0 Å². The Bertz CT molecular complexity index is 419. The lowest BCUT2D eigenvalue weighted by molar-refractivity contribution is -0.173. The summed E-state index contributed by atoms with van der Waals surface area (Å²) < 4.78 is 39.8. The fourth-order valence-corrected chi connectivity index (χ4v) is 1.48. The Labute approximate surface area is 115 Å². The summed E-state index contributed by atoms with van der Waals surface area (Å²) in [4.78, 5) is 11.3. The van der Waals surface area contributed by atoms with E-state index in [1.54, 1.807) is 31.3 Å². The number of hydrogen-bond acceptors (Lipinski definition) is 3. The smallest absolute Gasteiger partial charge is 0.371 e. The molecule has 0 spiro atoms. The van der Waals surface area contributed by atoms with Crippen LogP contribution in [0.5, 0.6) is 0 Å². The molecule has 20 heavy (non-hydrogen) atoms. The van der Waals surface area contributed by atoms with Gasteiger partial charge in [0.25, 0.3) is 5.91 Å². The van der Waals surface area contributed by atoms with Crippen molar-refractivity contribution in [2.45, 2.75) is 12.7 Å². The van der Waals surface area contributed by atoms with Crippen molar-refractivity contribution in [3.05, 3.63) is 35.4 Å². The van der Waals surface area contributed by atoms with Gasteiger partial charge in [-0.05, 0) is 17.7 Å². The molecule has 0 aliphatic carbocycles. The minimum absolute atomic E-state index is 0.00413. The molecule has 1 rings (SSSR count). The summed E-state index contributed by atoms with van der Waals surface area (Å²) in [7, 11) is 1.55. The van der Waals surface area contributed by atoms with E-state index < -0.39 is 12.8 Å². The van der Waals surface area contributed by atoms with E-state index in [-0.39, 0.29) is 12.5 Å². The zero-order valence-electron chi connectivity index (χ0n) is 11.1. The van der Waals surface area contributed by atoms with Crippen LogP contribution in [0.4, 0.5) is 13.2 Å². The maximum atomic E-state index is 11.8. The predicted octanol–water partition coefficient (Wildman–Crippen LogP) is 1.71. The highest BCUT2D eigenvalue weighted by Crippen LogP contribution is 2.13. The van der Waals surface area contributed by atoms with Crippen LogP contribution in [0, 0.1) is 0 Å². The largest absolute Gasteiger partial charge is 0.411 e. The molecule has 0 heterocycles. The second-order valence-electron chi connectivity index (χ2n) is 4.12. The Morgan fingerprint density at radius 1 is 1.25 bits per heavy atom. The first-order valence-electron chi connectivity index (χ1n) is 6.08. The molecule has 1 aromatic rings. The zero-order valence-corrected chi connectivity index (χ0v) is 11.1. The highest BCUT2D eigenvalue weighted by Gasteiger charge is 2.27. The third kappa shape index (κ3) is 6.53. The number of ether oxygens (including phenoxy) is 1. The maximum Gasteiger partial charge on any atom is 0.411 e. The molecule has 0 saturated carbocycles. The van der Waals surface area contributed by atoms with E-state index in [9.17, 15) is 18.0 Å². The number of nitrogens with one attached hydrogen (secondary N) is 2. The minimum atomic E-state index is -4.28. The fraction of sp³-hybridized carbons (Fsp3) is 0.462. The number of hydrogen-bond donors (Lipinski definition) is 2. The molecular weight excluding hydrogens is 273 g/mol. The monoisotopic (exact) mass is 290 g/mol. The van der Waals surface area contributed by atoms with E-state index in [2.05, 4.69) is 15.4 Å². The lowest BCUT2D eigenvalue weighted by Crippen LogP contribution is -2.23. The normalized spacial score (nSPS) is 11.4. The maximum absolute atomic E-state index is 11.8. The third-order valence-corrected chi connectivity index (χ3v) is 2.46. The molecule has 7 heteroatoms. The van der Waals surface area contributed by atoms with E-state index in [1.165, 1.54) is 0 Å². The molecule has 1 amide bonds. The van der Waals surface area contributed by atoms with Crippen molar-refractivity contribution in [3.8, 4) is 0 Å². The number of rotatable bonds is 7. The van der Waals surface area contributed by atoms with Crippen LogP contribution < -0.4 is 10.6 Å². The van der Waals surface area contributed by atoms with Crippen LogP contribution in [0.3, 0.4) is 0 Å². The standard InChI is InChI=1S/C13H17F3N2O2/c1-17-12(19)11-4-2-10(3-5-11)8-18-6-7-20-9-13(14,15)16/h2-5,18H,6-9H2,1H3,(H,17,19). The molecule has 0 atom stereocenters. The fourth-order valence-electron chi connectivity index (χ4n) is 1.48. The molecule has 0 aromatic heterocycles. The lowest BCUT2D eigenvalue weighted by Gasteiger charge is -2.08. The summed E-state index contributed by atoms with van der Waals surface area (Å²) in [5.74, 6) is -0.162. The number of carbonyl (C=O) groups is 1. The summed E-state index contributed by atoms with van der Waals surface area (Å²) in [6.45, 7) is -0.401. The van der Waals surface area contributed by atoms with Crippen LogP contribution in [0.25, 0.3) is 0 Å². The Kier molecular flexibility index (Phi) is 6.47. The third-order valence-electron chi connectivity index (χ3n) is 2.46. The Balaban J connectivity index is 2.21. The van der Waals surface area contributed by atoms with Crippen LogP contribution in [0.15, 0.2) is 24.3 Å². The van der Waals surface area contributed by atoms with Gasteiger partial charge in [-0.3, -0.25) is 4.79 Å². The molecule has 4 nitrogen and oxygen atoms in total. The Morgan fingerprint density at radius 3 is 2.45 bits per heavy atom. The van der Waals surface area contributed by atoms with Crippen molar-refractivity contribution >= 4 is 5.91 Å². The Hall–Kier alpha value is -1.60. The predicted molar refractivity (Wildman–Crippen MR) is 68.4 cm³/mol. The second kappa shape index (κ2) is 7.86. The van der Waals surface area contributed by atoms with E-state index in [1.807, 2.05) is 0 Å². The molecule has 0 radical (unpaired) electrons. The topological polar surface area (TPSA) is 50.4 Å². The van der Waals surface area contributed by atoms with E-state index >= 15 is 0 Å². The number of halogens is 3. The van der Waals surface area contributed by atoms with Gasteiger partial charge in [0.1, 0.15) is 6.61 Å². The van der Waals surface area contributed by atoms with Gasteiger partial charge < -0.3 is 15.4 Å². The van der Waals surface area contributed by atoms with Crippen LogP contribution in [-0.4, -0.2) is 38.9 Å². The number of carbonyl (C=O) groups excluding carboxylic acids is 1. The molecule has 1 aromatic carbocycles. The summed E-state index contributed by atoms with van der Waals surface area (Å²) in [6.07, 6.45) is -4.28. The highest BCUT2D eigenvalue weighted by molar-refractivity contribution is 5.93. The molecule has 2 N–H and O–H groups in total. The van der Waals surface area contributed by atoms with Crippen molar-refractivity contribution < 1.29 is 22.7 Å². The van der Waals surface area contributed by atoms with Crippen LogP contribution >= 0.6 is 0 Å². The van der Waals surface area contributed by atoms with Crippen LogP contribution in [0.1, 0.15) is 15.9 Å². The first-order valence-corrected chi connectivity index (χ1v) is 6.08. The quantitative estimate of drug-likeness (QED) is 0.752. The number of amides is 1. The van der Waals surface area contributed by atoms with Crippen molar-refractivity contribution in [1.29, 1.82) is 0 Å². The molecule has 0 aliphatic rings. The van der Waals surface area contributed by atoms with Gasteiger partial charge in [0.05, 0.1) is 6.61 Å². The summed E-state index contributed by atoms with van der Waals surface area (Å²) in [5.41, 5.74) is 1.50. The molecule has 0 bridgehead atoms. The lowest BCUT2D eigenvalue weighted by atomic mass is 10.1. The summed E-state index contributed by atoms with van der Waals surface area (Å²) in [5, 5.41) is 5.47. The van der Waals surface area contributed by atoms with Crippen molar-refractivity contribution in [1.82, 2.24) is 10.6 Å². The first-order chi connectivity index (χ1) is 9.42. The average molecular weight is 290 g/mol. The van der Waals surface area contributed by atoms with Gasteiger partial charge in [0.2, 0.25) is 0 Å². The zero-order chi connectivity index (χ0) is 15.0. The second-order valence-corrected chi connectivity index (χ2v) is 4.12. The van der Waals surface area contributed by atoms with Crippen LogP contribution in [-0.2, 0) is 11.3 Å². The van der Waals surface area contributed by atoms with E-state index in [0.717, 1.165) is 5.56 Å². The Morgan fingerprint density at radius 2 is 1.90 bits per heavy atom. The van der Waals surface area contributed by atoms with Crippen molar-refractivity contribution in [3.63, 3.8) is 0 Å². The van der Waals surface area contributed by atoms with Gasteiger partial charge in [0, 0.05) is 25.7 Å². The van der Waals surface area contributed by atoms with Gasteiger partial charge in [-0.25, -0.2) is 0 Å². The molecule has 0 unspecified atom stereocenters. The van der Waals surface area contributed by atoms with E-state index in [0.29, 0.717) is 18.7 Å².